The van der Waals surface area contributed by atoms with Gasteiger partial charge in [0.25, 0.3) is 0 Å². The average Bonchev–Trinajstić information content (AvgIpc) is 0.823. The van der Waals surface area contributed by atoms with Crippen LogP contribution in [0.5, 0.6) is 0 Å². The minimum atomic E-state index is -2.43. The lowest BCUT2D eigenvalue weighted by Crippen LogP contribution is -2.43. The lowest BCUT2D eigenvalue weighted by Gasteiger charge is -2.38. The van der Waals surface area contributed by atoms with Gasteiger partial charge < -0.3 is 0 Å². The predicted molar refractivity (Wildman–Crippen MR) is 562 cm³/mol. The van der Waals surface area contributed by atoms with E-state index in [9.17, 15) is 0 Å². The predicted octanol–water partition coefficient (Wildman–Crippen LogP) is 31.5. The minimum absolute atomic E-state index is 0.0758. The van der Waals surface area contributed by atoms with Gasteiger partial charge >= 0.3 is 0 Å². The Morgan fingerprint density at radius 2 is 0.287 bits per heavy atom. The van der Waals surface area contributed by atoms with Gasteiger partial charge in [-0.25, -0.2) is 0 Å². The molecule has 6 heteroatoms. The van der Waals surface area contributed by atoms with Crippen LogP contribution in [0.25, 0.3) is 0 Å². The maximum Gasteiger partial charge on any atom is 0.146 e. The Hall–Kier alpha value is -7.20. The van der Waals surface area contributed by atoms with E-state index in [-0.39, 0.29) is 21.7 Å². The van der Waals surface area contributed by atoms with Gasteiger partial charge in [-0.3, -0.25) is 0 Å². The third-order valence-electron chi connectivity index (χ3n) is 27.5. The fraction of sp³-hybridized carbons (Fsp3) is 0.603. The molecule has 0 amide bonds. The highest BCUT2D eigenvalue weighted by Crippen LogP contribution is 2.47. The third kappa shape index (κ3) is 27.9. The molecule has 0 unspecified atom stereocenters. The first-order valence-corrected chi connectivity index (χ1v) is 60.1. The van der Waals surface area contributed by atoms with E-state index in [0.29, 0.717) is 133 Å². The molecule has 2 aromatic carbocycles. The maximum atomic E-state index is 4.10. The molecule has 0 spiro atoms. The zero-order valence-electron chi connectivity index (χ0n) is 86.9. The van der Waals surface area contributed by atoms with E-state index >= 15 is 0 Å². The van der Waals surface area contributed by atoms with E-state index in [1.807, 2.05) is 0 Å². The van der Waals surface area contributed by atoms with Gasteiger partial charge in [0.05, 0.1) is 33.4 Å². The zero-order valence-corrected chi connectivity index (χ0v) is 92.9. The Bertz CT molecular complexity index is 4550. The molecule has 0 saturated carbocycles. The van der Waals surface area contributed by atoms with Crippen molar-refractivity contribution in [3.63, 3.8) is 0 Å². The minimum Gasteiger partial charge on any atom is -0.124 e. The summed E-state index contributed by atoms with van der Waals surface area (Å²) in [5.74, 6) is 79.0. The molecule has 0 aliphatic heterocycles. The van der Waals surface area contributed by atoms with E-state index < -0.39 is 48.4 Å². The van der Waals surface area contributed by atoms with Crippen LogP contribution < -0.4 is 0 Å². The summed E-state index contributed by atoms with van der Waals surface area (Å²) in [6.45, 7) is 112. The summed E-state index contributed by atoms with van der Waals surface area (Å²) in [6, 6.07) is 13.6. The van der Waals surface area contributed by atoms with Crippen molar-refractivity contribution in [1.82, 2.24) is 0 Å². The van der Waals surface area contributed by atoms with Crippen LogP contribution in [0.1, 0.15) is 366 Å². The van der Waals surface area contributed by atoms with E-state index in [1.54, 1.807) is 0 Å². The molecule has 656 valence electrons. The Labute approximate surface area is 763 Å². The lowest BCUT2D eigenvalue weighted by molar-refractivity contribution is 0.567. The molecule has 2 aromatic rings. The lowest BCUT2D eigenvalue weighted by atomic mass is 9.79. The number of hydrogen-bond acceptors (Lipinski definition) is 0. The van der Waals surface area contributed by atoms with E-state index in [0.717, 1.165) is 11.1 Å². The molecule has 0 fully saturated rings. The SMILES string of the molecule is CC(C)[Si](C#C/C(C#CC#C/C(C#C[Si](C(C)C)(C(C)C)C(C)C)=C(/C#CC#Cc1cc(C(C)(C)C)cc(C(C)(C)C)c1)C#C[Si](C(C)C)(C(C)C)C(C)C)=C(\C#CC#C/C(C#C[Si](C(C)C)(C(C)C)C(C)C)=C(/C#CC#Cc1cc(C(C)(C)C)cc(C(C)(C)C)c1)C#C[Si](C(C)C)(C(C)C)C(C)C)C#C[Si](C(C)C)(C(C)C)C(C)C)(C(C)C)C(C)C. The maximum absolute atomic E-state index is 4.10. The summed E-state index contributed by atoms with van der Waals surface area (Å²) in [4.78, 5) is 0. The van der Waals surface area contributed by atoms with Crippen LogP contribution in [0.2, 0.25) is 99.7 Å². The molecular weight excluding hydrogens is 1560 g/mol. The second-order valence-electron chi connectivity index (χ2n) is 44.7. The smallest absolute Gasteiger partial charge is 0.124 e. The highest BCUT2D eigenvalue weighted by molar-refractivity contribution is 6.93. The van der Waals surface area contributed by atoms with Gasteiger partial charge in [-0.1, -0.05) is 392 Å². The third-order valence-corrected chi connectivity index (χ3v) is 65.2. The number of benzene rings is 2. The van der Waals surface area contributed by atoms with Gasteiger partial charge in [0, 0.05) is 11.1 Å². The van der Waals surface area contributed by atoms with E-state index in [1.165, 1.54) is 22.3 Å². The summed E-state index contributed by atoms with van der Waals surface area (Å²) >= 11 is 0. The van der Waals surface area contributed by atoms with Gasteiger partial charge in [-0.15, -0.1) is 33.3 Å². The summed E-state index contributed by atoms with van der Waals surface area (Å²) in [6.07, 6.45) is 0. The first-order chi connectivity index (χ1) is 55.9. The number of hydrogen-bond donors (Lipinski definition) is 0. The summed E-state index contributed by atoms with van der Waals surface area (Å²) in [5, 5.41) is 0. The molecule has 0 nitrogen and oxygen atoms in total. The van der Waals surface area contributed by atoms with Crippen molar-refractivity contribution in [2.24, 2.45) is 0 Å². The molecule has 0 atom stereocenters. The van der Waals surface area contributed by atoms with Gasteiger partial charge in [-0.2, -0.15) is 0 Å². The van der Waals surface area contributed by atoms with Crippen LogP contribution in [-0.4, -0.2) is 48.4 Å². The van der Waals surface area contributed by atoms with Gasteiger partial charge in [0.1, 0.15) is 48.4 Å². The van der Waals surface area contributed by atoms with Crippen molar-refractivity contribution < 1.29 is 0 Å². The Balaban J connectivity index is 4.22. The molecule has 0 heterocycles. The summed E-state index contributed by atoms with van der Waals surface area (Å²) in [5.41, 5.74) is 40.8. The van der Waals surface area contributed by atoms with Crippen molar-refractivity contribution in [1.29, 1.82) is 0 Å². The van der Waals surface area contributed by atoms with Crippen LogP contribution in [0.3, 0.4) is 0 Å². The van der Waals surface area contributed by atoms with Crippen molar-refractivity contribution in [3.05, 3.63) is 103 Å². The second kappa shape index (κ2) is 46.3. The van der Waals surface area contributed by atoms with Crippen LogP contribution >= 0.6 is 0 Å². The van der Waals surface area contributed by atoms with Crippen LogP contribution in [0.4, 0.5) is 0 Å². The first kappa shape index (κ1) is 111. The van der Waals surface area contributed by atoms with Gasteiger partial charge in [-0.05, 0) is 251 Å². The van der Waals surface area contributed by atoms with Gasteiger partial charge in [0.2, 0.25) is 0 Å². The monoisotopic (exact) mass is 1730 g/mol. The largest absolute Gasteiger partial charge is 0.146 e. The summed E-state index contributed by atoms with van der Waals surface area (Å²) in [7, 11) is -14.3. The standard InChI is InChI=1S/C116H168Si6/c1-83(2)117(84(3)4,85(5)6)71-65-103(59-51-49-57-101-77-109(113(37,38)39)81-110(78-101)114(40,41)42)105(67-73-119(89(13)14,90(15)16)91(17)18)61-53-55-63-107(69-75-121(95(25)26,96(27)28)97(29)30)108(70-76-122(98(31)32,99(33)34)100(35)36)64-56-54-62-106(68-74-120(92(19)20,93(21)22)94(23)24)104(66-72-118(86(7)8,87(9)10)88(11)12)60-52-50-58-102-79-111(115(43,44)45)82-112(80-102)116(46,47)48/h77-100H,1-48H3/b105-103+,106-104+,108-107+. The molecular formula is C116H168Si6. The number of rotatable bonds is 18. The molecule has 0 aromatic heterocycles. The summed E-state index contributed by atoms with van der Waals surface area (Å²) < 4.78 is 0. The van der Waals surface area contributed by atoms with E-state index in [2.05, 4.69) is 532 Å². The fourth-order valence-electron chi connectivity index (χ4n) is 20.5. The second-order valence-corrected chi connectivity index (χ2v) is 78.2. The number of allylic oxidation sites excluding steroid dienone is 6. The van der Waals surface area contributed by atoms with Crippen LogP contribution in [0, 0.1) is 164 Å². The molecule has 0 bridgehead atoms. The highest BCUT2D eigenvalue weighted by Gasteiger charge is 2.47. The molecule has 0 aliphatic rings. The zero-order chi connectivity index (χ0) is 94.4. The van der Waals surface area contributed by atoms with Crippen LogP contribution in [0.15, 0.2) is 69.8 Å². The van der Waals surface area contributed by atoms with Crippen LogP contribution in [-0.2, 0) is 21.7 Å². The molecule has 0 saturated heterocycles. The Morgan fingerprint density at radius 1 is 0.172 bits per heavy atom. The van der Waals surface area contributed by atoms with Crippen molar-refractivity contribution in [3.8, 4) is 164 Å². The Kier molecular flexibility index (Phi) is 42.1. The highest BCUT2D eigenvalue weighted by atomic mass is 28.3. The molecule has 0 N–H and O–H groups in total. The average molecular weight is 1730 g/mol. The van der Waals surface area contributed by atoms with E-state index in [4.69, 9.17) is 0 Å². The van der Waals surface area contributed by atoms with Crippen molar-refractivity contribution >= 4 is 48.4 Å². The fourth-order valence-corrected chi connectivity index (χ4v) is 51.7. The normalized spacial score (nSPS) is 13.1. The topological polar surface area (TPSA) is 0 Å². The molecule has 122 heavy (non-hydrogen) atoms. The molecule has 0 aliphatic carbocycles. The van der Waals surface area contributed by atoms with Crippen molar-refractivity contribution in [2.75, 3.05) is 0 Å². The molecule has 0 radical (unpaired) electrons. The first-order valence-electron chi connectivity index (χ1n) is 46.7. The van der Waals surface area contributed by atoms with Gasteiger partial charge in [0.15, 0.2) is 0 Å². The molecule has 2 rings (SSSR count). The quantitative estimate of drug-likeness (QED) is 0.103. The Morgan fingerprint density at radius 3 is 0.393 bits per heavy atom. The van der Waals surface area contributed by atoms with Crippen molar-refractivity contribution in [2.45, 2.75) is 454 Å².